The second kappa shape index (κ2) is 4.72. The summed E-state index contributed by atoms with van der Waals surface area (Å²) in [6.45, 7) is 0.277. The third kappa shape index (κ3) is 3.24. The Hall–Kier alpha value is -0.980. The first-order valence-electron chi connectivity index (χ1n) is 5.33. The number of hydrogen-bond donors (Lipinski definition) is 2. The summed E-state index contributed by atoms with van der Waals surface area (Å²) in [7, 11) is 0. The topological polar surface area (TPSA) is 57.8 Å². The smallest absolute Gasteiger partial charge is 0.271 e. The van der Waals surface area contributed by atoms with E-state index in [2.05, 4.69) is 31.4 Å². The minimum atomic E-state index is -2.56. The highest BCUT2D eigenvalue weighted by Crippen LogP contribution is 2.38. The van der Waals surface area contributed by atoms with Gasteiger partial charge in [-0.15, -0.1) is 0 Å². The standard InChI is InChI=1S/C10H12BrF2N3O/c11-8-3-7(15-16-8)9(17)14-5-6-1-2-10(12,13)4-6/h3,6H,1-2,4-5H2,(H,14,17)(H,15,16). The third-order valence-corrected chi connectivity index (χ3v) is 3.24. The van der Waals surface area contributed by atoms with Gasteiger partial charge in [-0.2, -0.15) is 5.10 Å². The lowest BCUT2D eigenvalue weighted by atomic mass is 10.1. The van der Waals surface area contributed by atoms with Crippen LogP contribution in [0, 0.1) is 5.92 Å². The largest absolute Gasteiger partial charge is 0.350 e. The van der Waals surface area contributed by atoms with Gasteiger partial charge in [0.15, 0.2) is 5.69 Å². The zero-order valence-electron chi connectivity index (χ0n) is 8.97. The molecule has 1 aromatic rings. The summed E-state index contributed by atoms with van der Waals surface area (Å²) < 4.78 is 26.4. The van der Waals surface area contributed by atoms with Crippen LogP contribution in [0.2, 0.25) is 0 Å². The number of carbonyl (C=O) groups is 1. The van der Waals surface area contributed by atoms with Gasteiger partial charge in [-0.25, -0.2) is 8.78 Å². The molecule has 1 aliphatic carbocycles. The number of nitrogens with one attached hydrogen (secondary N) is 2. The van der Waals surface area contributed by atoms with Crippen molar-refractivity contribution >= 4 is 21.8 Å². The van der Waals surface area contributed by atoms with Gasteiger partial charge in [0.1, 0.15) is 4.60 Å². The second-order valence-corrected chi connectivity index (χ2v) is 5.13. The van der Waals surface area contributed by atoms with E-state index in [0.717, 1.165) is 0 Å². The van der Waals surface area contributed by atoms with Crippen molar-refractivity contribution in [2.45, 2.75) is 25.2 Å². The molecule has 1 aliphatic rings. The maximum Gasteiger partial charge on any atom is 0.271 e. The third-order valence-electron chi connectivity index (χ3n) is 2.84. The number of aromatic nitrogens is 2. The van der Waals surface area contributed by atoms with Crippen LogP contribution in [0.5, 0.6) is 0 Å². The lowest BCUT2D eigenvalue weighted by Gasteiger charge is -2.10. The maximum absolute atomic E-state index is 12.9. The lowest BCUT2D eigenvalue weighted by molar-refractivity contribution is 0.00504. The first kappa shape index (κ1) is 12.5. The van der Waals surface area contributed by atoms with Crippen molar-refractivity contribution in [2.24, 2.45) is 5.92 Å². The van der Waals surface area contributed by atoms with Crippen molar-refractivity contribution in [1.82, 2.24) is 15.5 Å². The van der Waals surface area contributed by atoms with Crippen molar-refractivity contribution in [1.29, 1.82) is 0 Å². The predicted molar refractivity (Wildman–Crippen MR) is 60.9 cm³/mol. The van der Waals surface area contributed by atoms with Crippen LogP contribution in [0.25, 0.3) is 0 Å². The molecule has 94 valence electrons. The average Bonchev–Trinajstić information content (AvgIpc) is 2.81. The molecular weight excluding hydrogens is 296 g/mol. The number of amides is 1. The molecule has 1 fully saturated rings. The van der Waals surface area contributed by atoms with Gasteiger partial charge >= 0.3 is 0 Å². The minimum Gasteiger partial charge on any atom is -0.350 e. The van der Waals surface area contributed by atoms with Crippen molar-refractivity contribution in [3.63, 3.8) is 0 Å². The fraction of sp³-hybridized carbons (Fsp3) is 0.600. The van der Waals surface area contributed by atoms with E-state index in [0.29, 0.717) is 11.0 Å². The molecule has 1 amide bonds. The van der Waals surface area contributed by atoms with Crippen LogP contribution in [-0.4, -0.2) is 28.6 Å². The number of halogens is 3. The van der Waals surface area contributed by atoms with E-state index in [4.69, 9.17) is 0 Å². The van der Waals surface area contributed by atoms with E-state index in [1.165, 1.54) is 0 Å². The number of H-pyrrole nitrogens is 1. The predicted octanol–water partition coefficient (Wildman–Crippen LogP) is 2.34. The fourth-order valence-electron chi connectivity index (χ4n) is 1.96. The molecule has 0 spiro atoms. The van der Waals surface area contributed by atoms with E-state index in [-0.39, 0.29) is 36.9 Å². The molecule has 1 heterocycles. The second-order valence-electron chi connectivity index (χ2n) is 4.28. The monoisotopic (exact) mass is 307 g/mol. The van der Waals surface area contributed by atoms with Gasteiger partial charge in [-0.3, -0.25) is 9.89 Å². The van der Waals surface area contributed by atoms with E-state index < -0.39 is 5.92 Å². The van der Waals surface area contributed by atoms with E-state index in [1.807, 2.05) is 0 Å². The summed E-state index contributed by atoms with van der Waals surface area (Å²) in [6, 6.07) is 1.54. The molecule has 2 rings (SSSR count). The van der Waals surface area contributed by atoms with Gasteiger partial charge in [0.05, 0.1) is 0 Å². The van der Waals surface area contributed by atoms with Crippen LogP contribution in [0.3, 0.4) is 0 Å². The number of nitrogens with zero attached hydrogens (tertiary/aromatic N) is 1. The van der Waals surface area contributed by atoms with Crippen LogP contribution in [0.4, 0.5) is 8.78 Å². The Morgan fingerprint density at radius 1 is 1.71 bits per heavy atom. The Morgan fingerprint density at radius 2 is 2.47 bits per heavy atom. The minimum absolute atomic E-state index is 0.0819. The SMILES string of the molecule is O=C(NCC1CCC(F)(F)C1)c1cc(Br)[nH]n1. The van der Waals surface area contributed by atoms with E-state index >= 15 is 0 Å². The zero-order valence-corrected chi connectivity index (χ0v) is 10.6. The molecule has 1 saturated carbocycles. The van der Waals surface area contributed by atoms with Crippen LogP contribution < -0.4 is 5.32 Å². The van der Waals surface area contributed by atoms with Crippen molar-refractivity contribution in [2.75, 3.05) is 6.54 Å². The Bertz CT molecular complexity index is 421. The summed E-state index contributed by atoms with van der Waals surface area (Å²) in [6.07, 6.45) is 0.233. The first-order valence-corrected chi connectivity index (χ1v) is 6.12. The van der Waals surface area contributed by atoms with Gasteiger partial charge in [-0.05, 0) is 28.3 Å². The Morgan fingerprint density at radius 3 is 3.00 bits per heavy atom. The van der Waals surface area contributed by atoms with Crippen molar-refractivity contribution < 1.29 is 13.6 Å². The lowest BCUT2D eigenvalue weighted by Crippen LogP contribution is -2.29. The summed E-state index contributed by atoms with van der Waals surface area (Å²) in [5.74, 6) is -3.05. The average molecular weight is 308 g/mol. The zero-order chi connectivity index (χ0) is 12.5. The first-order chi connectivity index (χ1) is 7.96. The molecular formula is C10H12BrF2N3O. The van der Waals surface area contributed by atoms with Gasteiger partial charge in [0.25, 0.3) is 5.91 Å². The van der Waals surface area contributed by atoms with E-state index in [9.17, 15) is 13.6 Å². The van der Waals surface area contributed by atoms with Crippen molar-refractivity contribution in [3.8, 4) is 0 Å². The molecule has 17 heavy (non-hydrogen) atoms. The number of hydrogen-bond acceptors (Lipinski definition) is 2. The van der Waals surface area contributed by atoms with Crippen molar-refractivity contribution in [3.05, 3.63) is 16.4 Å². The molecule has 0 saturated heterocycles. The molecule has 0 aliphatic heterocycles. The Kier molecular flexibility index (Phi) is 3.46. The molecule has 4 nitrogen and oxygen atoms in total. The van der Waals surface area contributed by atoms with Gasteiger partial charge < -0.3 is 5.32 Å². The highest BCUT2D eigenvalue weighted by Gasteiger charge is 2.39. The summed E-state index contributed by atoms with van der Waals surface area (Å²) in [5.41, 5.74) is 0.252. The van der Waals surface area contributed by atoms with Crippen LogP contribution in [0.1, 0.15) is 29.8 Å². The van der Waals surface area contributed by atoms with Crippen LogP contribution in [0.15, 0.2) is 10.7 Å². The number of carbonyl (C=O) groups excluding carboxylic acids is 1. The molecule has 1 aromatic heterocycles. The highest BCUT2D eigenvalue weighted by atomic mass is 79.9. The Balaban J connectivity index is 1.81. The molecule has 1 atom stereocenters. The fourth-order valence-corrected chi connectivity index (χ4v) is 2.26. The normalized spacial score (nSPS) is 22.6. The molecule has 0 aromatic carbocycles. The molecule has 7 heteroatoms. The molecule has 0 bridgehead atoms. The number of aromatic amines is 1. The summed E-state index contributed by atoms with van der Waals surface area (Å²) >= 11 is 3.14. The molecule has 2 N–H and O–H groups in total. The van der Waals surface area contributed by atoms with Crippen LogP contribution >= 0.6 is 15.9 Å². The quantitative estimate of drug-likeness (QED) is 0.900. The van der Waals surface area contributed by atoms with Gasteiger partial charge in [-0.1, -0.05) is 0 Å². The maximum atomic E-state index is 12.9. The number of alkyl halides is 2. The van der Waals surface area contributed by atoms with Crippen LogP contribution in [-0.2, 0) is 0 Å². The summed E-state index contributed by atoms with van der Waals surface area (Å²) in [4.78, 5) is 11.6. The summed E-state index contributed by atoms with van der Waals surface area (Å²) in [5, 5.41) is 8.95. The molecule has 0 radical (unpaired) electrons. The van der Waals surface area contributed by atoms with E-state index in [1.54, 1.807) is 6.07 Å². The number of rotatable bonds is 3. The van der Waals surface area contributed by atoms with Gasteiger partial charge in [0, 0.05) is 25.5 Å². The highest BCUT2D eigenvalue weighted by molar-refractivity contribution is 9.10. The Labute approximate surface area is 105 Å². The van der Waals surface area contributed by atoms with Gasteiger partial charge in [0.2, 0.25) is 5.92 Å². The molecule has 1 unspecified atom stereocenters.